The van der Waals surface area contributed by atoms with E-state index in [-0.39, 0.29) is 5.75 Å². The second kappa shape index (κ2) is 5.50. The topological polar surface area (TPSA) is 24.5 Å². The van der Waals surface area contributed by atoms with Crippen molar-refractivity contribution >= 4 is 0 Å². The Labute approximate surface area is 122 Å². The average molecular weight is 300 g/mol. The zero-order valence-electron chi connectivity index (χ0n) is 11.9. The molecule has 3 nitrogen and oxygen atoms in total. The summed E-state index contributed by atoms with van der Waals surface area (Å²) in [6.07, 6.45) is -4.65. The first kappa shape index (κ1) is 14.7. The van der Waals surface area contributed by atoms with Gasteiger partial charge in [0.1, 0.15) is 5.75 Å². The lowest BCUT2D eigenvalue weighted by Crippen LogP contribution is -2.33. The average Bonchev–Trinajstić information content (AvgIpc) is 2.95. The van der Waals surface area contributed by atoms with Gasteiger partial charge in [-0.05, 0) is 37.9 Å². The van der Waals surface area contributed by atoms with Gasteiger partial charge in [-0.3, -0.25) is 4.90 Å². The van der Waals surface area contributed by atoms with Crippen LogP contribution in [0.4, 0.5) is 13.2 Å². The van der Waals surface area contributed by atoms with E-state index >= 15 is 0 Å². The molecule has 1 aromatic rings. The van der Waals surface area contributed by atoms with Crippen LogP contribution < -0.4 is 10.1 Å². The van der Waals surface area contributed by atoms with Gasteiger partial charge in [0.2, 0.25) is 0 Å². The maximum atomic E-state index is 12.5. The number of ether oxygens (including phenoxy) is 1. The molecule has 3 rings (SSSR count). The molecule has 3 atom stereocenters. The molecule has 116 valence electrons. The molecular weight excluding hydrogens is 281 g/mol. The summed E-state index contributed by atoms with van der Waals surface area (Å²) in [5.41, 5.74) is 0.592. The molecule has 2 saturated heterocycles. The van der Waals surface area contributed by atoms with Crippen molar-refractivity contribution in [2.45, 2.75) is 25.9 Å². The van der Waals surface area contributed by atoms with Crippen molar-refractivity contribution in [3.63, 3.8) is 0 Å². The monoisotopic (exact) mass is 300 g/mol. The Morgan fingerprint density at radius 1 is 1.29 bits per heavy atom. The molecule has 0 amide bonds. The van der Waals surface area contributed by atoms with Crippen LogP contribution in [0.1, 0.15) is 12.5 Å². The van der Waals surface area contributed by atoms with E-state index in [0.717, 1.165) is 19.6 Å². The number of nitrogens with zero attached hydrogens (tertiary/aromatic N) is 1. The zero-order chi connectivity index (χ0) is 15.0. The van der Waals surface area contributed by atoms with Crippen molar-refractivity contribution in [3.8, 4) is 5.75 Å². The van der Waals surface area contributed by atoms with Crippen molar-refractivity contribution in [2.75, 3.05) is 19.6 Å². The molecule has 1 N–H and O–H groups in total. The Kier molecular flexibility index (Phi) is 3.84. The second-order valence-corrected chi connectivity index (χ2v) is 5.91. The zero-order valence-corrected chi connectivity index (χ0v) is 11.9. The third kappa shape index (κ3) is 3.16. The molecule has 1 aromatic carbocycles. The largest absolute Gasteiger partial charge is 0.573 e. The number of nitrogens with one attached hydrogen (secondary N) is 1. The van der Waals surface area contributed by atoms with Crippen LogP contribution in [0.5, 0.6) is 5.75 Å². The van der Waals surface area contributed by atoms with Gasteiger partial charge in [0.15, 0.2) is 0 Å². The van der Waals surface area contributed by atoms with E-state index in [1.165, 1.54) is 6.07 Å². The third-order valence-electron chi connectivity index (χ3n) is 4.63. The summed E-state index contributed by atoms with van der Waals surface area (Å²) in [5.74, 6) is 1.11. The molecule has 3 unspecified atom stereocenters. The molecule has 2 heterocycles. The fourth-order valence-electron chi connectivity index (χ4n) is 3.54. The highest BCUT2D eigenvalue weighted by Crippen LogP contribution is 2.35. The Balaban J connectivity index is 1.73. The highest BCUT2D eigenvalue weighted by Gasteiger charge is 2.42. The van der Waals surface area contributed by atoms with E-state index in [1.54, 1.807) is 18.2 Å². The van der Waals surface area contributed by atoms with Crippen molar-refractivity contribution in [2.24, 2.45) is 11.8 Å². The first-order valence-corrected chi connectivity index (χ1v) is 7.22. The molecule has 0 aromatic heterocycles. The lowest BCUT2D eigenvalue weighted by molar-refractivity contribution is -0.275. The lowest BCUT2D eigenvalue weighted by atomic mass is 9.95. The predicted molar refractivity (Wildman–Crippen MR) is 72.8 cm³/mol. The van der Waals surface area contributed by atoms with E-state index in [2.05, 4.69) is 21.9 Å². The normalized spacial score (nSPS) is 29.6. The number of hydrogen-bond acceptors (Lipinski definition) is 3. The fraction of sp³-hybridized carbons (Fsp3) is 0.600. The third-order valence-corrected chi connectivity index (χ3v) is 4.63. The van der Waals surface area contributed by atoms with Gasteiger partial charge in [-0.25, -0.2) is 0 Å². The quantitative estimate of drug-likeness (QED) is 0.929. The first-order valence-electron chi connectivity index (χ1n) is 7.22. The van der Waals surface area contributed by atoms with Crippen molar-refractivity contribution in [1.82, 2.24) is 10.2 Å². The van der Waals surface area contributed by atoms with E-state index < -0.39 is 6.36 Å². The second-order valence-electron chi connectivity index (χ2n) is 5.91. The molecule has 21 heavy (non-hydrogen) atoms. The number of likely N-dealkylation sites (tertiary alicyclic amines) is 1. The van der Waals surface area contributed by atoms with Crippen LogP contribution in [0.2, 0.25) is 0 Å². The maximum absolute atomic E-state index is 12.5. The summed E-state index contributed by atoms with van der Waals surface area (Å²) in [4.78, 5) is 2.26. The van der Waals surface area contributed by atoms with Crippen LogP contribution in [0.3, 0.4) is 0 Å². The van der Waals surface area contributed by atoms with Gasteiger partial charge in [0.05, 0.1) is 0 Å². The van der Waals surface area contributed by atoms with Crippen LogP contribution in [-0.2, 0) is 6.54 Å². The van der Waals surface area contributed by atoms with Crippen LogP contribution in [0.15, 0.2) is 24.3 Å². The summed E-state index contributed by atoms with van der Waals surface area (Å²) in [6, 6.07) is 6.79. The van der Waals surface area contributed by atoms with Gasteiger partial charge in [-0.1, -0.05) is 18.2 Å². The molecule has 2 fully saturated rings. The number of para-hydroxylation sites is 1. The highest BCUT2D eigenvalue weighted by atomic mass is 19.4. The molecule has 2 aliphatic rings. The molecule has 0 bridgehead atoms. The summed E-state index contributed by atoms with van der Waals surface area (Å²) >= 11 is 0. The summed E-state index contributed by atoms with van der Waals surface area (Å²) in [5, 5.41) is 3.38. The van der Waals surface area contributed by atoms with Gasteiger partial charge in [-0.2, -0.15) is 0 Å². The fourth-order valence-corrected chi connectivity index (χ4v) is 3.54. The minimum absolute atomic E-state index is 0.0904. The Hall–Kier alpha value is -1.27. The molecule has 6 heteroatoms. The van der Waals surface area contributed by atoms with Gasteiger partial charge in [0.25, 0.3) is 0 Å². The van der Waals surface area contributed by atoms with Crippen LogP contribution in [0, 0.1) is 11.8 Å². The number of benzene rings is 1. The first-order chi connectivity index (χ1) is 9.94. The van der Waals surface area contributed by atoms with Gasteiger partial charge in [-0.15, -0.1) is 13.2 Å². The number of rotatable bonds is 3. The van der Waals surface area contributed by atoms with Crippen molar-refractivity contribution in [1.29, 1.82) is 0 Å². The SMILES string of the molecule is CC1C2CNCC2CN1Cc1ccccc1OC(F)(F)F. The molecular formula is C15H19F3N2O. The van der Waals surface area contributed by atoms with E-state index in [9.17, 15) is 13.2 Å². The van der Waals surface area contributed by atoms with E-state index in [0.29, 0.717) is 30.0 Å². The Bertz CT molecular complexity index is 506. The molecule has 0 saturated carbocycles. The smallest absolute Gasteiger partial charge is 0.405 e. The molecule has 0 spiro atoms. The number of alkyl halides is 3. The minimum atomic E-state index is -4.65. The van der Waals surface area contributed by atoms with Gasteiger partial charge in [0, 0.05) is 24.7 Å². The Morgan fingerprint density at radius 2 is 2.05 bits per heavy atom. The maximum Gasteiger partial charge on any atom is 0.573 e. The van der Waals surface area contributed by atoms with Gasteiger partial charge >= 0.3 is 6.36 Å². The number of hydrogen-bond donors (Lipinski definition) is 1. The van der Waals surface area contributed by atoms with E-state index in [4.69, 9.17) is 0 Å². The van der Waals surface area contributed by atoms with Crippen LogP contribution in [-0.4, -0.2) is 36.9 Å². The number of halogens is 3. The highest BCUT2D eigenvalue weighted by molar-refractivity contribution is 5.33. The molecule has 0 aliphatic carbocycles. The standard InChI is InChI=1S/C15H19F3N2O/c1-10-13-7-19-6-12(13)9-20(10)8-11-4-2-3-5-14(11)21-15(16,17)18/h2-5,10,12-13,19H,6-9H2,1H3. The van der Waals surface area contributed by atoms with Gasteiger partial charge < -0.3 is 10.1 Å². The molecule has 2 aliphatic heterocycles. The lowest BCUT2D eigenvalue weighted by Gasteiger charge is -2.25. The predicted octanol–water partition coefficient (Wildman–Crippen LogP) is 2.62. The summed E-state index contributed by atoms with van der Waals surface area (Å²) < 4.78 is 41.5. The minimum Gasteiger partial charge on any atom is -0.405 e. The summed E-state index contributed by atoms with van der Waals surface area (Å²) in [7, 11) is 0. The number of fused-ring (bicyclic) bond motifs is 1. The van der Waals surface area contributed by atoms with Crippen molar-refractivity contribution < 1.29 is 17.9 Å². The molecule has 0 radical (unpaired) electrons. The van der Waals surface area contributed by atoms with Crippen molar-refractivity contribution in [3.05, 3.63) is 29.8 Å². The summed E-state index contributed by atoms with van der Waals surface area (Å²) in [6.45, 7) is 5.60. The van der Waals surface area contributed by atoms with E-state index in [1.807, 2.05) is 0 Å². The van der Waals surface area contributed by atoms with Crippen LogP contribution >= 0.6 is 0 Å². The van der Waals surface area contributed by atoms with Crippen LogP contribution in [0.25, 0.3) is 0 Å². The Morgan fingerprint density at radius 3 is 2.76 bits per heavy atom.